The number of rotatable bonds is 8. The Hall–Kier alpha value is -4.52. The highest BCUT2D eigenvalue weighted by atomic mass is 16.5. The van der Waals surface area contributed by atoms with Crippen LogP contribution < -0.4 is 21.3 Å². The number of hydrogen-bond donors (Lipinski definition) is 2. The number of nitriles is 1. The first-order chi connectivity index (χ1) is 16.4. The third-order valence-corrected chi connectivity index (χ3v) is 5.53. The molecule has 0 aliphatic carbocycles. The van der Waals surface area contributed by atoms with Gasteiger partial charge in [-0.2, -0.15) is 5.26 Å². The van der Waals surface area contributed by atoms with Crippen LogP contribution in [0.2, 0.25) is 0 Å². The van der Waals surface area contributed by atoms with Gasteiger partial charge in [0.2, 0.25) is 0 Å². The van der Waals surface area contributed by atoms with Crippen LogP contribution >= 0.6 is 0 Å². The van der Waals surface area contributed by atoms with E-state index in [2.05, 4.69) is 16.4 Å². The molecule has 4 rings (SSSR count). The van der Waals surface area contributed by atoms with Gasteiger partial charge in [-0.05, 0) is 36.2 Å². The maximum atomic E-state index is 12.5. The summed E-state index contributed by atoms with van der Waals surface area (Å²) in [4.78, 5) is 28.8. The van der Waals surface area contributed by atoms with Gasteiger partial charge >= 0.3 is 5.69 Å². The number of aryl methyl sites for hydroxylation is 2. The van der Waals surface area contributed by atoms with Crippen LogP contribution in [0.5, 0.6) is 11.5 Å². The van der Waals surface area contributed by atoms with Crippen LogP contribution in [0.25, 0.3) is 11.2 Å². The highest BCUT2D eigenvalue weighted by Gasteiger charge is 2.14. The fourth-order valence-corrected chi connectivity index (χ4v) is 3.70. The predicted octanol–water partition coefficient (Wildman–Crippen LogP) is 2.29. The van der Waals surface area contributed by atoms with E-state index < -0.39 is 11.7 Å². The molecule has 2 aromatic carbocycles. The van der Waals surface area contributed by atoms with Crippen molar-refractivity contribution >= 4 is 16.9 Å². The zero-order valence-corrected chi connectivity index (χ0v) is 18.8. The number of ether oxygens (including phenoxy) is 1. The second-order valence-corrected chi connectivity index (χ2v) is 7.84. The molecule has 0 fully saturated rings. The summed E-state index contributed by atoms with van der Waals surface area (Å²) in [5.74, 6) is 0.783. The summed E-state index contributed by atoms with van der Waals surface area (Å²) in [6.45, 7) is 0.917. The van der Waals surface area contributed by atoms with E-state index in [0.29, 0.717) is 42.2 Å². The van der Waals surface area contributed by atoms with Crippen molar-refractivity contribution in [3.05, 3.63) is 81.3 Å². The van der Waals surface area contributed by atoms with Gasteiger partial charge in [0.1, 0.15) is 17.5 Å². The topological polar surface area (TPSA) is 127 Å². The lowest BCUT2D eigenvalue weighted by Gasteiger charge is -2.14. The quantitative estimate of drug-likeness (QED) is 0.386. The van der Waals surface area contributed by atoms with Crippen molar-refractivity contribution in [1.82, 2.24) is 18.7 Å². The summed E-state index contributed by atoms with van der Waals surface area (Å²) >= 11 is 0. The van der Waals surface area contributed by atoms with Gasteiger partial charge in [-0.25, -0.2) is 9.78 Å². The lowest BCUT2D eigenvalue weighted by atomic mass is 10.1. The number of aromatic nitrogens is 4. The van der Waals surface area contributed by atoms with Gasteiger partial charge in [-0.15, -0.1) is 0 Å². The lowest BCUT2D eigenvalue weighted by molar-refractivity contribution is 0.302. The van der Waals surface area contributed by atoms with E-state index in [9.17, 15) is 20.0 Å². The van der Waals surface area contributed by atoms with Crippen LogP contribution in [0.3, 0.4) is 0 Å². The van der Waals surface area contributed by atoms with Gasteiger partial charge in [-0.3, -0.25) is 13.9 Å². The molecule has 10 heteroatoms. The molecule has 0 aliphatic rings. The van der Waals surface area contributed by atoms with Crippen LogP contribution in [0.1, 0.15) is 18.0 Å². The zero-order valence-electron chi connectivity index (χ0n) is 18.8. The van der Waals surface area contributed by atoms with Gasteiger partial charge in [-0.1, -0.05) is 18.2 Å². The third kappa shape index (κ3) is 4.49. The van der Waals surface area contributed by atoms with Crippen LogP contribution in [-0.2, 0) is 20.6 Å². The highest BCUT2D eigenvalue weighted by molar-refractivity contribution is 5.69. The predicted molar refractivity (Wildman–Crippen MR) is 127 cm³/mol. The Morgan fingerprint density at radius 1 is 1.15 bits per heavy atom. The van der Waals surface area contributed by atoms with Crippen molar-refractivity contribution in [2.45, 2.75) is 19.0 Å². The van der Waals surface area contributed by atoms with Crippen LogP contribution in [-0.4, -0.2) is 30.4 Å². The summed E-state index contributed by atoms with van der Waals surface area (Å²) in [5.41, 5.74) is 1.37. The van der Waals surface area contributed by atoms with Gasteiger partial charge in [0.15, 0.2) is 11.2 Å². The first kappa shape index (κ1) is 22.7. The fourth-order valence-electron chi connectivity index (χ4n) is 3.70. The molecule has 0 aliphatic heterocycles. The Labute approximate surface area is 194 Å². The number of aromatic hydroxyl groups is 1. The maximum absolute atomic E-state index is 12.5. The molecule has 10 nitrogen and oxygen atoms in total. The van der Waals surface area contributed by atoms with Crippen molar-refractivity contribution in [2.75, 3.05) is 11.9 Å². The molecule has 0 saturated heterocycles. The van der Waals surface area contributed by atoms with E-state index in [1.807, 2.05) is 12.1 Å². The second-order valence-electron chi connectivity index (χ2n) is 7.84. The van der Waals surface area contributed by atoms with E-state index in [4.69, 9.17) is 4.74 Å². The Kier molecular flexibility index (Phi) is 6.36. The summed E-state index contributed by atoms with van der Waals surface area (Å²) in [6.07, 6.45) is 2.18. The van der Waals surface area contributed by atoms with Gasteiger partial charge < -0.3 is 19.7 Å². The van der Waals surface area contributed by atoms with Crippen molar-refractivity contribution in [3.8, 4) is 17.6 Å². The van der Waals surface area contributed by atoms with E-state index in [-0.39, 0.29) is 11.3 Å². The number of nitrogens with zero attached hydrogens (tertiary/aromatic N) is 5. The molecule has 2 N–H and O–H groups in total. The normalized spacial score (nSPS) is 11.8. The van der Waals surface area contributed by atoms with E-state index in [0.717, 1.165) is 10.1 Å². The first-order valence-electron chi connectivity index (χ1n) is 10.7. The van der Waals surface area contributed by atoms with Gasteiger partial charge in [0.05, 0.1) is 19.0 Å². The molecule has 0 spiro atoms. The number of nitrogens with one attached hydrogen (secondary N) is 1. The van der Waals surface area contributed by atoms with E-state index in [1.54, 1.807) is 54.3 Å². The minimum Gasteiger partial charge on any atom is -0.508 e. The Bertz CT molecular complexity index is 1480. The molecular weight excluding hydrogens is 436 g/mol. The molecule has 0 bridgehead atoms. The molecule has 34 heavy (non-hydrogen) atoms. The van der Waals surface area contributed by atoms with Crippen LogP contribution in [0, 0.1) is 11.3 Å². The number of hydrogen-bond acceptors (Lipinski definition) is 7. The fraction of sp³-hybridized carbons (Fsp3) is 0.250. The number of fused-ring (bicyclic) bond motifs is 1. The first-order valence-corrected chi connectivity index (χ1v) is 10.7. The van der Waals surface area contributed by atoms with Gasteiger partial charge in [0.25, 0.3) is 5.56 Å². The number of anilines is 1. The smallest absolute Gasteiger partial charge is 0.332 e. The molecule has 4 aromatic rings. The standard InChI is InChI=1S/C24H24N6O4/c1-28-22-21(23(32)29(2)24(28)33)30(15-26-22)11-4-12-34-19-9-7-16(8-10-19)20(14-25)27-17-5-3-6-18(31)13-17/h3,5-10,13,15,20,27,31H,4,11-12H2,1-2H3. The average molecular weight is 460 g/mol. The molecule has 2 heterocycles. The summed E-state index contributed by atoms with van der Waals surface area (Å²) in [7, 11) is 3.04. The lowest BCUT2D eigenvalue weighted by Crippen LogP contribution is -2.37. The summed E-state index contributed by atoms with van der Waals surface area (Å²) in [6, 6.07) is 15.4. The summed E-state index contributed by atoms with van der Waals surface area (Å²) in [5, 5.41) is 22.2. The molecular formula is C24H24N6O4. The summed E-state index contributed by atoms with van der Waals surface area (Å²) < 4.78 is 9.97. The van der Waals surface area contributed by atoms with Crippen molar-refractivity contribution in [2.24, 2.45) is 14.1 Å². The largest absolute Gasteiger partial charge is 0.508 e. The van der Waals surface area contributed by atoms with Crippen molar-refractivity contribution in [3.63, 3.8) is 0 Å². The minimum absolute atomic E-state index is 0.124. The zero-order chi connectivity index (χ0) is 24.2. The SMILES string of the molecule is Cn1c(=O)c2c(ncn2CCCOc2ccc(C(C#N)Nc3cccc(O)c3)cc2)n(C)c1=O. The highest BCUT2D eigenvalue weighted by Crippen LogP contribution is 2.24. The molecule has 1 unspecified atom stereocenters. The molecule has 1 atom stereocenters. The molecule has 0 saturated carbocycles. The van der Waals surface area contributed by atoms with Crippen molar-refractivity contribution in [1.29, 1.82) is 5.26 Å². The maximum Gasteiger partial charge on any atom is 0.332 e. The Balaban J connectivity index is 1.36. The van der Waals surface area contributed by atoms with E-state index in [1.165, 1.54) is 11.6 Å². The van der Waals surface area contributed by atoms with Crippen molar-refractivity contribution < 1.29 is 9.84 Å². The monoisotopic (exact) mass is 460 g/mol. The molecule has 174 valence electrons. The van der Waals surface area contributed by atoms with Gasteiger partial charge in [0, 0.05) is 32.4 Å². The number of benzene rings is 2. The Morgan fingerprint density at radius 2 is 1.91 bits per heavy atom. The number of phenols is 1. The number of imidazole rings is 1. The van der Waals surface area contributed by atoms with Crippen LogP contribution in [0.15, 0.2) is 64.4 Å². The average Bonchev–Trinajstić information content (AvgIpc) is 3.27. The minimum atomic E-state index is -0.580. The molecule has 2 aromatic heterocycles. The number of phenolic OH excluding ortho intramolecular Hbond substituents is 1. The third-order valence-electron chi connectivity index (χ3n) is 5.53. The second kappa shape index (κ2) is 9.54. The molecule has 0 amide bonds. The molecule has 0 radical (unpaired) electrons. The van der Waals surface area contributed by atoms with Crippen LogP contribution in [0.4, 0.5) is 5.69 Å². The van der Waals surface area contributed by atoms with E-state index >= 15 is 0 Å². The Morgan fingerprint density at radius 3 is 2.62 bits per heavy atom.